The third kappa shape index (κ3) is 11.2. The van der Waals surface area contributed by atoms with Crippen LogP contribution >= 0.6 is 0 Å². The van der Waals surface area contributed by atoms with Gasteiger partial charge in [0.05, 0.1) is 13.1 Å². The number of carboxylic acids is 1. The van der Waals surface area contributed by atoms with Crippen LogP contribution in [0.2, 0.25) is 0 Å². The topological polar surface area (TPSA) is 98.7 Å². The van der Waals surface area contributed by atoms with Crippen LogP contribution in [-0.2, 0) is 14.4 Å². The molecule has 0 fully saturated rings. The van der Waals surface area contributed by atoms with Crippen LogP contribution in [0.5, 0.6) is 0 Å². The summed E-state index contributed by atoms with van der Waals surface area (Å²) in [5.74, 6) is -1.06. The average molecular weight is 273 g/mol. The van der Waals surface area contributed by atoms with Gasteiger partial charge in [-0.05, 0) is 5.92 Å². The van der Waals surface area contributed by atoms with E-state index in [1.165, 1.54) is 6.92 Å². The van der Waals surface area contributed by atoms with Crippen LogP contribution in [-0.4, -0.2) is 60.5 Å². The highest BCUT2D eigenvalue weighted by Crippen LogP contribution is 1.98. The third-order valence-electron chi connectivity index (χ3n) is 2.17. The van der Waals surface area contributed by atoms with E-state index in [0.717, 1.165) is 0 Å². The first-order chi connectivity index (χ1) is 8.81. The normalized spacial score (nSPS) is 10.6. The number of nitrogens with one attached hydrogen (secondary N) is 2. The van der Waals surface area contributed by atoms with E-state index in [9.17, 15) is 14.4 Å². The standard InChI is InChI=1S/C12H23N3O4/c1-9(2)6-15(8-12(18)19)7-11(17)14-5-4-13-10(3)16/h9H,4-8H2,1-3H3,(H,13,16)(H,14,17)(H,18,19). The maximum Gasteiger partial charge on any atom is 0.317 e. The van der Waals surface area contributed by atoms with Crippen LogP contribution in [0.15, 0.2) is 0 Å². The molecular formula is C12H23N3O4. The van der Waals surface area contributed by atoms with Crippen molar-refractivity contribution in [2.75, 3.05) is 32.7 Å². The van der Waals surface area contributed by atoms with Crippen LogP contribution in [0.4, 0.5) is 0 Å². The van der Waals surface area contributed by atoms with E-state index in [4.69, 9.17) is 5.11 Å². The zero-order valence-corrected chi connectivity index (χ0v) is 11.7. The number of rotatable bonds is 9. The lowest BCUT2D eigenvalue weighted by Crippen LogP contribution is -2.43. The SMILES string of the molecule is CC(=O)NCCNC(=O)CN(CC(=O)O)CC(C)C. The molecule has 0 saturated carbocycles. The fraction of sp³-hybridized carbons (Fsp3) is 0.750. The van der Waals surface area contributed by atoms with Gasteiger partial charge in [-0.25, -0.2) is 0 Å². The Hall–Kier alpha value is -1.63. The number of hydrogen-bond donors (Lipinski definition) is 3. The van der Waals surface area contributed by atoms with Crippen molar-refractivity contribution < 1.29 is 19.5 Å². The number of nitrogens with zero attached hydrogens (tertiary/aromatic N) is 1. The van der Waals surface area contributed by atoms with Crippen molar-refractivity contribution in [1.29, 1.82) is 0 Å². The largest absolute Gasteiger partial charge is 0.480 e. The van der Waals surface area contributed by atoms with Crippen LogP contribution in [0.1, 0.15) is 20.8 Å². The van der Waals surface area contributed by atoms with Gasteiger partial charge in [-0.1, -0.05) is 13.8 Å². The summed E-state index contributed by atoms with van der Waals surface area (Å²) >= 11 is 0. The molecule has 0 unspecified atom stereocenters. The molecule has 19 heavy (non-hydrogen) atoms. The molecule has 2 amide bonds. The van der Waals surface area contributed by atoms with Crippen LogP contribution < -0.4 is 10.6 Å². The Kier molecular flexibility index (Phi) is 8.52. The summed E-state index contributed by atoms with van der Waals surface area (Å²) < 4.78 is 0. The minimum Gasteiger partial charge on any atom is -0.480 e. The molecule has 0 radical (unpaired) electrons. The molecule has 0 bridgehead atoms. The van der Waals surface area contributed by atoms with Crippen molar-refractivity contribution in [3.8, 4) is 0 Å². The summed E-state index contributed by atoms with van der Waals surface area (Å²) in [5.41, 5.74) is 0. The van der Waals surface area contributed by atoms with Gasteiger partial charge in [0.25, 0.3) is 0 Å². The van der Waals surface area contributed by atoms with E-state index in [0.29, 0.717) is 19.6 Å². The highest BCUT2D eigenvalue weighted by Gasteiger charge is 2.14. The highest BCUT2D eigenvalue weighted by molar-refractivity contribution is 5.79. The molecule has 110 valence electrons. The Labute approximate surface area is 113 Å². The van der Waals surface area contributed by atoms with Crippen molar-refractivity contribution in [1.82, 2.24) is 15.5 Å². The zero-order chi connectivity index (χ0) is 14.8. The summed E-state index contributed by atoms with van der Waals surface area (Å²) in [6, 6.07) is 0. The van der Waals surface area contributed by atoms with E-state index in [2.05, 4.69) is 10.6 Å². The number of carboxylic acid groups (broad SMARTS) is 1. The van der Waals surface area contributed by atoms with Crippen molar-refractivity contribution >= 4 is 17.8 Å². The highest BCUT2D eigenvalue weighted by atomic mass is 16.4. The smallest absolute Gasteiger partial charge is 0.317 e. The monoisotopic (exact) mass is 273 g/mol. The minimum atomic E-state index is -0.952. The van der Waals surface area contributed by atoms with Crippen molar-refractivity contribution in [2.45, 2.75) is 20.8 Å². The molecule has 0 rings (SSSR count). The van der Waals surface area contributed by atoms with Crippen molar-refractivity contribution in [2.24, 2.45) is 5.92 Å². The number of carbonyl (C=O) groups excluding carboxylic acids is 2. The lowest BCUT2D eigenvalue weighted by Gasteiger charge is -2.21. The average Bonchev–Trinajstić information content (AvgIpc) is 2.22. The van der Waals surface area contributed by atoms with Gasteiger partial charge in [-0.3, -0.25) is 19.3 Å². The first-order valence-electron chi connectivity index (χ1n) is 6.26. The minimum absolute atomic E-state index is 0.0462. The van der Waals surface area contributed by atoms with E-state index in [-0.39, 0.29) is 30.8 Å². The number of hydrogen-bond acceptors (Lipinski definition) is 4. The lowest BCUT2D eigenvalue weighted by molar-refractivity contribution is -0.138. The summed E-state index contributed by atoms with van der Waals surface area (Å²) in [5, 5.41) is 13.9. The van der Waals surface area contributed by atoms with Crippen molar-refractivity contribution in [3.63, 3.8) is 0 Å². The van der Waals surface area contributed by atoms with E-state index >= 15 is 0 Å². The second-order valence-electron chi connectivity index (χ2n) is 4.79. The summed E-state index contributed by atoms with van der Waals surface area (Å²) in [4.78, 5) is 34.5. The Morgan fingerprint density at radius 2 is 1.68 bits per heavy atom. The predicted molar refractivity (Wildman–Crippen MR) is 70.6 cm³/mol. The van der Waals surface area contributed by atoms with Gasteiger partial charge < -0.3 is 15.7 Å². The molecular weight excluding hydrogens is 250 g/mol. The second kappa shape index (κ2) is 9.32. The van der Waals surface area contributed by atoms with Crippen LogP contribution in [0.3, 0.4) is 0 Å². The van der Waals surface area contributed by atoms with Gasteiger partial charge in [0.15, 0.2) is 0 Å². The zero-order valence-electron chi connectivity index (χ0n) is 11.7. The van der Waals surface area contributed by atoms with Gasteiger partial charge in [-0.2, -0.15) is 0 Å². The second-order valence-corrected chi connectivity index (χ2v) is 4.79. The van der Waals surface area contributed by atoms with Gasteiger partial charge >= 0.3 is 5.97 Å². The van der Waals surface area contributed by atoms with Gasteiger partial charge in [0, 0.05) is 26.6 Å². The van der Waals surface area contributed by atoms with E-state index in [1.807, 2.05) is 13.8 Å². The van der Waals surface area contributed by atoms with Crippen LogP contribution in [0.25, 0.3) is 0 Å². The molecule has 3 N–H and O–H groups in total. The van der Waals surface area contributed by atoms with Crippen LogP contribution in [0, 0.1) is 5.92 Å². The Morgan fingerprint density at radius 1 is 1.11 bits per heavy atom. The molecule has 0 aromatic rings. The molecule has 0 saturated heterocycles. The molecule has 0 aromatic heterocycles. The molecule has 0 spiro atoms. The van der Waals surface area contributed by atoms with Gasteiger partial charge in [0.1, 0.15) is 0 Å². The molecule has 0 aromatic carbocycles. The van der Waals surface area contributed by atoms with Crippen molar-refractivity contribution in [3.05, 3.63) is 0 Å². The lowest BCUT2D eigenvalue weighted by atomic mass is 10.2. The maximum atomic E-state index is 11.6. The number of carbonyl (C=O) groups is 3. The first kappa shape index (κ1) is 17.4. The quantitative estimate of drug-likeness (QED) is 0.482. The Bertz CT molecular complexity index is 318. The molecule has 0 aliphatic heterocycles. The number of aliphatic carboxylic acids is 1. The number of amides is 2. The maximum absolute atomic E-state index is 11.6. The van der Waals surface area contributed by atoms with E-state index < -0.39 is 5.97 Å². The first-order valence-corrected chi connectivity index (χ1v) is 6.26. The fourth-order valence-electron chi connectivity index (χ4n) is 1.59. The third-order valence-corrected chi connectivity index (χ3v) is 2.17. The summed E-state index contributed by atoms with van der Waals surface area (Å²) in [6.07, 6.45) is 0. The predicted octanol–water partition coefficient (Wildman–Crippen LogP) is -0.719. The Morgan fingerprint density at radius 3 is 2.16 bits per heavy atom. The summed E-state index contributed by atoms with van der Waals surface area (Å²) in [7, 11) is 0. The van der Waals surface area contributed by atoms with E-state index in [1.54, 1.807) is 4.90 Å². The molecule has 0 aliphatic rings. The molecule has 0 atom stereocenters. The molecule has 7 nitrogen and oxygen atoms in total. The van der Waals surface area contributed by atoms with Gasteiger partial charge in [-0.15, -0.1) is 0 Å². The molecule has 7 heteroatoms. The summed E-state index contributed by atoms with van der Waals surface area (Å²) in [6.45, 7) is 6.46. The molecule has 0 heterocycles. The molecule has 0 aliphatic carbocycles. The Balaban J connectivity index is 4.01. The fourth-order valence-corrected chi connectivity index (χ4v) is 1.59. The van der Waals surface area contributed by atoms with Gasteiger partial charge in [0.2, 0.25) is 11.8 Å².